The molecule has 0 unspecified atom stereocenters. The van der Waals surface area contributed by atoms with Gasteiger partial charge < -0.3 is 10.2 Å². The minimum absolute atomic E-state index is 0.146. The van der Waals surface area contributed by atoms with Gasteiger partial charge in [0.1, 0.15) is 5.01 Å². The van der Waals surface area contributed by atoms with E-state index in [0.29, 0.717) is 24.5 Å². The molecule has 3 rings (SSSR count). The van der Waals surface area contributed by atoms with E-state index < -0.39 is 10.0 Å². The standard InChI is InChI=1S/C17H23N5O3S2/c1-11-19-20-15(26-11)21-27(24,25)14-6-5-12-7-8-22(10-13(12)9-14)16(23)18-17(2,3)4/h5-6,9H,7-8,10H2,1-4H3,(H,18,23)(H,20,21). The topological polar surface area (TPSA) is 104 Å². The van der Waals surface area contributed by atoms with E-state index in [9.17, 15) is 13.2 Å². The fourth-order valence-electron chi connectivity index (χ4n) is 2.79. The van der Waals surface area contributed by atoms with Crippen LogP contribution in [0.1, 0.15) is 36.9 Å². The largest absolute Gasteiger partial charge is 0.333 e. The van der Waals surface area contributed by atoms with Gasteiger partial charge in [-0.05, 0) is 57.4 Å². The molecule has 2 aromatic rings. The Labute approximate surface area is 163 Å². The lowest BCUT2D eigenvalue weighted by molar-refractivity contribution is 0.183. The van der Waals surface area contributed by atoms with E-state index in [4.69, 9.17) is 0 Å². The van der Waals surface area contributed by atoms with E-state index in [1.54, 1.807) is 24.0 Å². The number of urea groups is 1. The van der Waals surface area contributed by atoms with E-state index in [2.05, 4.69) is 20.2 Å². The van der Waals surface area contributed by atoms with Crippen LogP contribution in [-0.2, 0) is 23.0 Å². The van der Waals surface area contributed by atoms with E-state index >= 15 is 0 Å². The maximum atomic E-state index is 12.6. The number of amides is 2. The predicted molar refractivity (Wildman–Crippen MR) is 104 cm³/mol. The van der Waals surface area contributed by atoms with Crippen LogP contribution in [-0.4, -0.2) is 41.6 Å². The first-order valence-electron chi connectivity index (χ1n) is 8.55. The molecule has 8 nitrogen and oxygen atoms in total. The van der Waals surface area contributed by atoms with Gasteiger partial charge in [0.15, 0.2) is 0 Å². The van der Waals surface area contributed by atoms with Crippen molar-refractivity contribution < 1.29 is 13.2 Å². The van der Waals surface area contributed by atoms with Crippen LogP contribution < -0.4 is 10.0 Å². The van der Waals surface area contributed by atoms with Crippen molar-refractivity contribution in [2.45, 2.75) is 51.1 Å². The molecule has 0 spiro atoms. The van der Waals surface area contributed by atoms with Crippen LogP contribution in [0, 0.1) is 6.92 Å². The Hall–Kier alpha value is -2.20. The molecule has 2 N–H and O–H groups in total. The number of fused-ring (bicyclic) bond motifs is 1. The number of anilines is 1. The molecule has 0 aliphatic carbocycles. The first-order valence-corrected chi connectivity index (χ1v) is 10.9. The quantitative estimate of drug-likeness (QED) is 0.811. The molecule has 0 saturated heterocycles. The van der Waals surface area contributed by atoms with Crippen LogP contribution in [0.15, 0.2) is 23.1 Å². The van der Waals surface area contributed by atoms with Gasteiger partial charge in [-0.3, -0.25) is 4.72 Å². The summed E-state index contributed by atoms with van der Waals surface area (Å²) in [5.74, 6) is 0. The Balaban J connectivity index is 1.80. The molecular weight excluding hydrogens is 386 g/mol. The van der Waals surface area contributed by atoms with Crippen LogP contribution in [0.3, 0.4) is 0 Å². The summed E-state index contributed by atoms with van der Waals surface area (Å²) >= 11 is 1.17. The van der Waals surface area contributed by atoms with Crippen molar-refractivity contribution in [1.29, 1.82) is 0 Å². The van der Waals surface area contributed by atoms with Crippen LogP contribution >= 0.6 is 11.3 Å². The third-order valence-corrected chi connectivity index (χ3v) is 6.24. The number of aromatic nitrogens is 2. The average Bonchev–Trinajstić information content (AvgIpc) is 2.96. The monoisotopic (exact) mass is 409 g/mol. The van der Waals surface area contributed by atoms with Gasteiger partial charge >= 0.3 is 6.03 Å². The van der Waals surface area contributed by atoms with E-state index in [1.807, 2.05) is 26.8 Å². The van der Waals surface area contributed by atoms with Crippen molar-refractivity contribution in [2.75, 3.05) is 11.3 Å². The fraction of sp³-hybridized carbons (Fsp3) is 0.471. The Bertz CT molecular complexity index is 963. The summed E-state index contributed by atoms with van der Waals surface area (Å²) in [6.07, 6.45) is 0.691. The number of sulfonamides is 1. The molecule has 1 aliphatic rings. The van der Waals surface area contributed by atoms with Crippen molar-refractivity contribution in [1.82, 2.24) is 20.4 Å². The minimum atomic E-state index is -3.76. The molecule has 146 valence electrons. The molecule has 1 aliphatic heterocycles. The van der Waals surface area contributed by atoms with Crippen molar-refractivity contribution in [3.05, 3.63) is 34.3 Å². The summed E-state index contributed by atoms with van der Waals surface area (Å²) < 4.78 is 27.7. The average molecular weight is 410 g/mol. The Kier molecular flexibility index (Phi) is 5.13. The summed E-state index contributed by atoms with van der Waals surface area (Å²) in [7, 11) is -3.76. The number of hydrogen-bond donors (Lipinski definition) is 2. The summed E-state index contributed by atoms with van der Waals surface area (Å²) in [4.78, 5) is 14.3. The molecule has 0 saturated carbocycles. The zero-order valence-electron chi connectivity index (χ0n) is 15.7. The number of benzene rings is 1. The zero-order chi connectivity index (χ0) is 19.8. The highest BCUT2D eigenvalue weighted by Crippen LogP contribution is 2.25. The van der Waals surface area contributed by atoms with Crippen molar-refractivity contribution in [3.8, 4) is 0 Å². The first kappa shape index (κ1) is 19.6. The van der Waals surface area contributed by atoms with Gasteiger partial charge in [-0.25, -0.2) is 13.2 Å². The highest BCUT2D eigenvalue weighted by Gasteiger charge is 2.25. The summed E-state index contributed by atoms with van der Waals surface area (Å²) in [5, 5.41) is 11.5. The van der Waals surface area contributed by atoms with Crippen LogP contribution in [0.25, 0.3) is 0 Å². The number of carbonyl (C=O) groups excluding carboxylic acids is 1. The zero-order valence-corrected chi connectivity index (χ0v) is 17.4. The fourth-order valence-corrected chi connectivity index (χ4v) is 4.66. The lowest BCUT2D eigenvalue weighted by atomic mass is 10.00. The van der Waals surface area contributed by atoms with Gasteiger partial charge in [0.05, 0.1) is 4.90 Å². The number of carbonyl (C=O) groups is 1. The first-order chi connectivity index (χ1) is 12.5. The van der Waals surface area contributed by atoms with Gasteiger partial charge in [0, 0.05) is 18.6 Å². The van der Waals surface area contributed by atoms with Gasteiger partial charge in [0.25, 0.3) is 10.0 Å². The Morgan fingerprint density at radius 3 is 2.59 bits per heavy atom. The molecule has 27 heavy (non-hydrogen) atoms. The number of nitrogens with zero attached hydrogens (tertiary/aromatic N) is 3. The maximum Gasteiger partial charge on any atom is 0.318 e. The molecule has 2 amide bonds. The summed E-state index contributed by atoms with van der Waals surface area (Å²) in [6.45, 7) is 8.50. The second kappa shape index (κ2) is 7.08. The molecule has 10 heteroatoms. The number of nitrogens with one attached hydrogen (secondary N) is 2. The van der Waals surface area contributed by atoms with Gasteiger partial charge in [0.2, 0.25) is 5.13 Å². The van der Waals surface area contributed by atoms with Crippen LogP contribution in [0.4, 0.5) is 9.93 Å². The molecular formula is C17H23N5O3S2. The van der Waals surface area contributed by atoms with Gasteiger partial charge in [-0.15, -0.1) is 10.2 Å². The van der Waals surface area contributed by atoms with Crippen LogP contribution in [0.5, 0.6) is 0 Å². The maximum absolute atomic E-state index is 12.6. The lowest BCUT2D eigenvalue weighted by Gasteiger charge is -2.32. The van der Waals surface area contributed by atoms with Gasteiger partial charge in [-0.2, -0.15) is 0 Å². The third-order valence-electron chi connectivity index (χ3n) is 4.02. The molecule has 1 aromatic heterocycles. The smallest absolute Gasteiger partial charge is 0.318 e. The van der Waals surface area contributed by atoms with E-state index in [1.165, 1.54) is 11.3 Å². The summed E-state index contributed by atoms with van der Waals surface area (Å²) in [6, 6.07) is 4.87. The van der Waals surface area contributed by atoms with Crippen LogP contribution in [0.2, 0.25) is 0 Å². The normalized spacial score (nSPS) is 14.6. The minimum Gasteiger partial charge on any atom is -0.333 e. The number of rotatable bonds is 3. The number of hydrogen-bond acceptors (Lipinski definition) is 6. The molecule has 2 heterocycles. The second-order valence-corrected chi connectivity index (χ2v) is 10.4. The second-order valence-electron chi connectivity index (χ2n) is 7.51. The van der Waals surface area contributed by atoms with Crippen molar-refractivity contribution in [3.63, 3.8) is 0 Å². The van der Waals surface area contributed by atoms with Crippen molar-refractivity contribution >= 4 is 32.5 Å². The van der Waals surface area contributed by atoms with Crippen molar-refractivity contribution in [2.24, 2.45) is 0 Å². The molecule has 0 fully saturated rings. The Morgan fingerprint density at radius 1 is 1.22 bits per heavy atom. The van der Waals surface area contributed by atoms with Gasteiger partial charge in [-0.1, -0.05) is 17.4 Å². The third kappa shape index (κ3) is 4.75. The highest BCUT2D eigenvalue weighted by atomic mass is 32.2. The molecule has 0 atom stereocenters. The lowest BCUT2D eigenvalue weighted by Crippen LogP contribution is -2.49. The highest BCUT2D eigenvalue weighted by molar-refractivity contribution is 7.93. The SMILES string of the molecule is Cc1nnc(NS(=O)(=O)c2ccc3c(c2)CN(C(=O)NC(C)(C)C)CC3)s1. The van der Waals surface area contributed by atoms with E-state index in [0.717, 1.165) is 11.1 Å². The predicted octanol–water partition coefficient (Wildman–Crippen LogP) is 2.51. The molecule has 1 aromatic carbocycles. The molecule has 0 bridgehead atoms. The van der Waals surface area contributed by atoms with E-state index in [-0.39, 0.29) is 21.6 Å². The molecule has 0 radical (unpaired) electrons. The number of aryl methyl sites for hydroxylation is 1. The summed E-state index contributed by atoms with van der Waals surface area (Å²) in [5.41, 5.74) is 1.56. The Morgan fingerprint density at radius 2 is 1.96 bits per heavy atom.